The van der Waals surface area contributed by atoms with Crippen molar-refractivity contribution in [3.05, 3.63) is 53.1 Å². The molecule has 0 atom stereocenters. The van der Waals surface area contributed by atoms with Crippen LogP contribution >= 0.6 is 11.6 Å². The largest absolute Gasteiger partial charge is 0.506 e. The molecule has 2 aromatic carbocycles. The molecule has 0 aromatic heterocycles. The SMILES string of the molecule is N#Cc1cccc(-c2ccc(O)c(Cl)c2)c1. The summed E-state index contributed by atoms with van der Waals surface area (Å²) >= 11 is 5.82. The van der Waals surface area contributed by atoms with Crippen molar-refractivity contribution in [2.45, 2.75) is 0 Å². The van der Waals surface area contributed by atoms with E-state index >= 15 is 0 Å². The predicted molar refractivity (Wildman–Crippen MR) is 63.3 cm³/mol. The van der Waals surface area contributed by atoms with Gasteiger partial charge in [-0.25, -0.2) is 0 Å². The number of nitrogens with zero attached hydrogens (tertiary/aromatic N) is 1. The molecular formula is C13H8ClNO. The average molecular weight is 230 g/mol. The monoisotopic (exact) mass is 229 g/mol. The zero-order valence-electron chi connectivity index (χ0n) is 8.31. The van der Waals surface area contributed by atoms with E-state index in [2.05, 4.69) is 6.07 Å². The van der Waals surface area contributed by atoms with Crippen molar-refractivity contribution in [1.82, 2.24) is 0 Å². The number of nitriles is 1. The molecule has 0 spiro atoms. The Balaban J connectivity index is 2.51. The summed E-state index contributed by atoms with van der Waals surface area (Å²) in [4.78, 5) is 0. The lowest BCUT2D eigenvalue weighted by molar-refractivity contribution is 0.475. The average Bonchev–Trinajstić information content (AvgIpc) is 2.33. The van der Waals surface area contributed by atoms with E-state index in [1.54, 1.807) is 24.3 Å². The maximum absolute atomic E-state index is 9.31. The van der Waals surface area contributed by atoms with Gasteiger partial charge in [-0.3, -0.25) is 0 Å². The molecule has 0 bridgehead atoms. The summed E-state index contributed by atoms with van der Waals surface area (Å²) in [7, 11) is 0. The fourth-order valence-corrected chi connectivity index (χ4v) is 1.64. The first-order valence-electron chi connectivity index (χ1n) is 4.70. The molecular weight excluding hydrogens is 222 g/mol. The van der Waals surface area contributed by atoms with E-state index in [0.29, 0.717) is 10.6 Å². The highest BCUT2D eigenvalue weighted by Crippen LogP contribution is 2.29. The number of hydrogen-bond donors (Lipinski definition) is 1. The van der Waals surface area contributed by atoms with Gasteiger partial charge in [0.15, 0.2) is 0 Å². The molecule has 2 nitrogen and oxygen atoms in total. The molecule has 2 aromatic rings. The van der Waals surface area contributed by atoms with Crippen molar-refractivity contribution in [3.63, 3.8) is 0 Å². The molecule has 3 heteroatoms. The number of rotatable bonds is 1. The van der Waals surface area contributed by atoms with Crippen molar-refractivity contribution in [1.29, 1.82) is 5.26 Å². The Morgan fingerprint density at radius 3 is 2.50 bits per heavy atom. The summed E-state index contributed by atoms with van der Waals surface area (Å²) in [6, 6.07) is 14.3. The van der Waals surface area contributed by atoms with E-state index < -0.39 is 0 Å². The summed E-state index contributed by atoms with van der Waals surface area (Å²) in [6.45, 7) is 0. The van der Waals surface area contributed by atoms with Gasteiger partial charge in [-0.05, 0) is 35.4 Å². The zero-order valence-corrected chi connectivity index (χ0v) is 9.07. The summed E-state index contributed by atoms with van der Waals surface area (Å²) in [5.74, 6) is 0.0573. The van der Waals surface area contributed by atoms with Crippen LogP contribution in [0.25, 0.3) is 11.1 Å². The van der Waals surface area contributed by atoms with E-state index in [-0.39, 0.29) is 5.75 Å². The minimum absolute atomic E-state index is 0.0573. The molecule has 16 heavy (non-hydrogen) atoms. The molecule has 0 saturated carbocycles. The normalized spacial score (nSPS) is 9.75. The Bertz CT molecular complexity index is 572. The Labute approximate surface area is 98.3 Å². The number of benzene rings is 2. The second-order valence-corrected chi connectivity index (χ2v) is 3.77. The van der Waals surface area contributed by atoms with Crippen molar-refractivity contribution >= 4 is 11.6 Å². The van der Waals surface area contributed by atoms with Crippen molar-refractivity contribution in [2.24, 2.45) is 0 Å². The summed E-state index contributed by atoms with van der Waals surface area (Å²) < 4.78 is 0. The van der Waals surface area contributed by atoms with Gasteiger partial charge in [-0.1, -0.05) is 29.8 Å². The predicted octanol–water partition coefficient (Wildman–Crippen LogP) is 3.58. The fourth-order valence-electron chi connectivity index (χ4n) is 1.45. The Kier molecular flexibility index (Phi) is 2.80. The highest BCUT2D eigenvalue weighted by atomic mass is 35.5. The molecule has 0 saturated heterocycles. The van der Waals surface area contributed by atoms with Crippen LogP contribution in [0.4, 0.5) is 0 Å². The maximum Gasteiger partial charge on any atom is 0.134 e. The zero-order chi connectivity index (χ0) is 11.5. The van der Waals surface area contributed by atoms with Crippen molar-refractivity contribution in [3.8, 4) is 22.9 Å². The number of phenolic OH excluding ortho intramolecular Hbond substituents is 1. The smallest absolute Gasteiger partial charge is 0.134 e. The Morgan fingerprint density at radius 2 is 1.81 bits per heavy atom. The van der Waals surface area contributed by atoms with Crippen LogP contribution < -0.4 is 0 Å². The third kappa shape index (κ3) is 2.00. The van der Waals surface area contributed by atoms with Gasteiger partial charge < -0.3 is 5.11 Å². The lowest BCUT2D eigenvalue weighted by atomic mass is 10.0. The molecule has 0 radical (unpaired) electrons. The quantitative estimate of drug-likeness (QED) is 0.812. The van der Waals surface area contributed by atoms with Crippen LogP contribution in [0.1, 0.15) is 5.56 Å². The lowest BCUT2D eigenvalue weighted by Gasteiger charge is -2.03. The highest BCUT2D eigenvalue weighted by Gasteiger charge is 2.03. The molecule has 0 amide bonds. The van der Waals surface area contributed by atoms with Gasteiger partial charge >= 0.3 is 0 Å². The molecule has 0 heterocycles. The first-order valence-corrected chi connectivity index (χ1v) is 5.07. The van der Waals surface area contributed by atoms with Crippen LogP contribution in [0.2, 0.25) is 5.02 Å². The topological polar surface area (TPSA) is 44.0 Å². The third-order valence-electron chi connectivity index (χ3n) is 2.27. The molecule has 0 fully saturated rings. The number of phenols is 1. The number of halogens is 1. The van der Waals surface area contributed by atoms with E-state index in [0.717, 1.165) is 11.1 Å². The molecule has 0 unspecified atom stereocenters. The molecule has 2 rings (SSSR count). The maximum atomic E-state index is 9.31. The van der Waals surface area contributed by atoms with Gasteiger partial charge in [0.2, 0.25) is 0 Å². The first-order chi connectivity index (χ1) is 7.70. The van der Waals surface area contributed by atoms with Gasteiger partial charge in [-0.15, -0.1) is 0 Å². The molecule has 0 aliphatic rings. The Morgan fingerprint density at radius 1 is 1.06 bits per heavy atom. The number of aromatic hydroxyl groups is 1. The molecule has 0 aliphatic carbocycles. The van der Waals surface area contributed by atoms with E-state index in [9.17, 15) is 5.11 Å². The third-order valence-corrected chi connectivity index (χ3v) is 2.58. The summed E-state index contributed by atoms with van der Waals surface area (Å²) in [6.07, 6.45) is 0. The van der Waals surface area contributed by atoms with E-state index in [4.69, 9.17) is 16.9 Å². The fraction of sp³-hybridized carbons (Fsp3) is 0. The van der Waals surface area contributed by atoms with Gasteiger partial charge in [0.05, 0.1) is 16.7 Å². The standard InChI is InChI=1S/C13H8ClNO/c14-12-7-11(4-5-13(12)16)10-3-1-2-9(6-10)8-15/h1-7,16H. The summed E-state index contributed by atoms with van der Waals surface area (Å²) in [5, 5.41) is 18.4. The lowest BCUT2D eigenvalue weighted by Crippen LogP contribution is -1.80. The van der Waals surface area contributed by atoms with Gasteiger partial charge in [0.25, 0.3) is 0 Å². The molecule has 1 N–H and O–H groups in total. The molecule has 78 valence electrons. The van der Waals surface area contributed by atoms with Gasteiger partial charge in [0.1, 0.15) is 5.75 Å². The summed E-state index contributed by atoms with van der Waals surface area (Å²) in [5.41, 5.74) is 2.38. The highest BCUT2D eigenvalue weighted by molar-refractivity contribution is 6.32. The Hall–Kier alpha value is -1.98. The van der Waals surface area contributed by atoms with Crippen LogP contribution in [0.15, 0.2) is 42.5 Å². The van der Waals surface area contributed by atoms with Gasteiger partial charge in [0, 0.05) is 0 Å². The first kappa shape index (κ1) is 10.5. The van der Waals surface area contributed by atoms with Crippen LogP contribution in [-0.2, 0) is 0 Å². The van der Waals surface area contributed by atoms with Crippen LogP contribution in [-0.4, -0.2) is 5.11 Å². The minimum atomic E-state index is 0.0573. The van der Waals surface area contributed by atoms with Gasteiger partial charge in [-0.2, -0.15) is 5.26 Å². The van der Waals surface area contributed by atoms with E-state index in [1.165, 1.54) is 6.07 Å². The van der Waals surface area contributed by atoms with Crippen molar-refractivity contribution < 1.29 is 5.11 Å². The second-order valence-electron chi connectivity index (χ2n) is 3.36. The number of hydrogen-bond acceptors (Lipinski definition) is 2. The van der Waals surface area contributed by atoms with Crippen molar-refractivity contribution in [2.75, 3.05) is 0 Å². The van der Waals surface area contributed by atoms with Crippen LogP contribution in [0, 0.1) is 11.3 Å². The van der Waals surface area contributed by atoms with E-state index in [1.807, 2.05) is 12.1 Å². The van der Waals surface area contributed by atoms with Crippen LogP contribution in [0.5, 0.6) is 5.75 Å². The minimum Gasteiger partial charge on any atom is -0.506 e. The molecule has 0 aliphatic heterocycles. The van der Waals surface area contributed by atoms with Crippen LogP contribution in [0.3, 0.4) is 0 Å². The second kappa shape index (κ2) is 4.26.